The highest BCUT2D eigenvalue weighted by Crippen LogP contribution is 2.29. The average Bonchev–Trinajstić information content (AvgIpc) is 3.35. The van der Waals surface area contributed by atoms with E-state index in [1.54, 1.807) is 17.0 Å². The molecule has 0 spiro atoms. The third kappa shape index (κ3) is 6.02. The number of aromatic nitrogens is 3. The molecule has 0 bridgehead atoms. The Labute approximate surface area is 201 Å². The van der Waals surface area contributed by atoms with Crippen LogP contribution in [0.2, 0.25) is 0 Å². The maximum absolute atomic E-state index is 12.2. The molecule has 0 aliphatic rings. The summed E-state index contributed by atoms with van der Waals surface area (Å²) in [7, 11) is 0. The standard InChI is InChI=1S/C25H23N5O3S/c1-18-11-13-20(14-12-18)30-17-26-29-25(30)34-16-24(32)28-27-23(31)15-33-22-10-6-5-9-21(22)19-7-3-2-4-8-19/h2-14,17H,15-16H2,1H3,(H,27,31)(H,28,32). The molecule has 0 radical (unpaired) electrons. The first kappa shape index (κ1) is 23.1. The molecule has 0 saturated heterocycles. The fourth-order valence-electron chi connectivity index (χ4n) is 3.14. The Bertz CT molecular complexity index is 1260. The van der Waals surface area contributed by atoms with Crippen molar-refractivity contribution in [1.29, 1.82) is 0 Å². The van der Waals surface area contributed by atoms with Gasteiger partial charge in [0.2, 0.25) is 5.91 Å². The lowest BCUT2D eigenvalue weighted by molar-refractivity contribution is -0.128. The van der Waals surface area contributed by atoms with Gasteiger partial charge in [-0.05, 0) is 30.7 Å². The van der Waals surface area contributed by atoms with Crippen molar-refractivity contribution in [1.82, 2.24) is 25.6 Å². The molecule has 0 aliphatic heterocycles. The van der Waals surface area contributed by atoms with E-state index in [0.717, 1.165) is 22.4 Å². The smallest absolute Gasteiger partial charge is 0.276 e. The van der Waals surface area contributed by atoms with E-state index in [1.165, 1.54) is 11.8 Å². The molecule has 3 aromatic carbocycles. The van der Waals surface area contributed by atoms with Gasteiger partial charge in [0.15, 0.2) is 11.8 Å². The van der Waals surface area contributed by atoms with Crippen LogP contribution >= 0.6 is 11.8 Å². The molecule has 0 saturated carbocycles. The summed E-state index contributed by atoms with van der Waals surface area (Å²) in [5.74, 6) is -0.200. The molecule has 2 N–H and O–H groups in total. The van der Waals surface area contributed by atoms with Gasteiger partial charge in [-0.3, -0.25) is 25.0 Å². The van der Waals surface area contributed by atoms with Crippen LogP contribution in [0.3, 0.4) is 0 Å². The molecule has 0 aliphatic carbocycles. The zero-order valence-electron chi connectivity index (χ0n) is 18.5. The zero-order chi connectivity index (χ0) is 23.8. The highest BCUT2D eigenvalue weighted by molar-refractivity contribution is 7.99. The second-order valence-electron chi connectivity index (χ2n) is 7.35. The van der Waals surface area contributed by atoms with Crippen LogP contribution in [0.5, 0.6) is 5.75 Å². The molecule has 0 atom stereocenters. The number of nitrogens with zero attached hydrogens (tertiary/aromatic N) is 3. The summed E-state index contributed by atoms with van der Waals surface area (Å²) in [6, 6.07) is 25.1. The van der Waals surface area contributed by atoms with E-state index in [9.17, 15) is 9.59 Å². The van der Waals surface area contributed by atoms with Crippen LogP contribution in [-0.2, 0) is 9.59 Å². The number of carbonyl (C=O) groups excluding carboxylic acids is 2. The van der Waals surface area contributed by atoms with Gasteiger partial charge in [0, 0.05) is 11.3 Å². The summed E-state index contributed by atoms with van der Waals surface area (Å²) in [5, 5.41) is 8.57. The number of hydrogen-bond acceptors (Lipinski definition) is 6. The number of aryl methyl sites for hydroxylation is 1. The quantitative estimate of drug-likeness (QED) is 0.300. The molecular weight excluding hydrogens is 450 g/mol. The van der Waals surface area contributed by atoms with Crippen LogP contribution in [-0.4, -0.2) is 38.9 Å². The van der Waals surface area contributed by atoms with Crippen molar-refractivity contribution >= 4 is 23.6 Å². The number of carbonyl (C=O) groups is 2. The van der Waals surface area contributed by atoms with Crippen LogP contribution in [0.15, 0.2) is 90.3 Å². The van der Waals surface area contributed by atoms with Gasteiger partial charge < -0.3 is 4.74 Å². The van der Waals surface area contributed by atoms with Gasteiger partial charge in [0.25, 0.3) is 5.91 Å². The SMILES string of the molecule is Cc1ccc(-n2cnnc2SCC(=O)NNC(=O)COc2ccccc2-c2ccccc2)cc1. The minimum absolute atomic E-state index is 0.0581. The summed E-state index contributed by atoms with van der Waals surface area (Å²) in [6.45, 7) is 1.77. The topological polar surface area (TPSA) is 98.1 Å². The number of para-hydroxylation sites is 1. The maximum atomic E-state index is 12.2. The number of benzene rings is 3. The minimum atomic E-state index is -0.468. The molecule has 1 heterocycles. The van der Waals surface area contributed by atoms with Gasteiger partial charge in [0.1, 0.15) is 12.1 Å². The molecule has 0 unspecified atom stereocenters. The maximum Gasteiger partial charge on any atom is 0.276 e. The lowest BCUT2D eigenvalue weighted by Crippen LogP contribution is -2.44. The lowest BCUT2D eigenvalue weighted by Gasteiger charge is -2.12. The van der Waals surface area contributed by atoms with Gasteiger partial charge in [0.05, 0.1) is 5.75 Å². The van der Waals surface area contributed by atoms with Crippen molar-refractivity contribution < 1.29 is 14.3 Å². The predicted octanol–water partition coefficient (Wildman–Crippen LogP) is 3.56. The van der Waals surface area contributed by atoms with Crippen LogP contribution < -0.4 is 15.6 Å². The van der Waals surface area contributed by atoms with Crippen molar-refractivity contribution in [3.05, 3.63) is 90.8 Å². The van der Waals surface area contributed by atoms with Crippen molar-refractivity contribution in [2.75, 3.05) is 12.4 Å². The lowest BCUT2D eigenvalue weighted by atomic mass is 10.1. The number of thioether (sulfide) groups is 1. The van der Waals surface area contributed by atoms with Crippen LogP contribution in [0.1, 0.15) is 5.56 Å². The second kappa shape index (κ2) is 11.2. The number of nitrogens with one attached hydrogen (secondary N) is 2. The van der Waals surface area contributed by atoms with Crippen molar-refractivity contribution in [3.8, 4) is 22.6 Å². The van der Waals surface area contributed by atoms with Crippen molar-refractivity contribution in [2.45, 2.75) is 12.1 Å². The Morgan fingerprint density at radius 2 is 1.62 bits per heavy atom. The molecule has 1 aromatic heterocycles. The number of amides is 2. The Morgan fingerprint density at radius 1 is 0.912 bits per heavy atom. The van der Waals surface area contributed by atoms with Gasteiger partial charge in [-0.1, -0.05) is 78.0 Å². The van der Waals surface area contributed by atoms with E-state index in [0.29, 0.717) is 10.9 Å². The fourth-order valence-corrected chi connectivity index (χ4v) is 3.87. The van der Waals surface area contributed by atoms with E-state index < -0.39 is 5.91 Å². The molecule has 172 valence electrons. The van der Waals surface area contributed by atoms with E-state index in [2.05, 4.69) is 21.0 Å². The first-order valence-corrected chi connectivity index (χ1v) is 11.5. The summed E-state index contributed by atoms with van der Waals surface area (Å²) in [4.78, 5) is 24.4. The molecule has 4 aromatic rings. The number of hydrazine groups is 1. The summed E-state index contributed by atoms with van der Waals surface area (Å²) >= 11 is 1.22. The highest BCUT2D eigenvalue weighted by Gasteiger charge is 2.12. The minimum Gasteiger partial charge on any atom is -0.483 e. The van der Waals surface area contributed by atoms with Gasteiger partial charge in [-0.25, -0.2) is 0 Å². The first-order valence-electron chi connectivity index (χ1n) is 10.5. The predicted molar refractivity (Wildman–Crippen MR) is 130 cm³/mol. The van der Waals surface area contributed by atoms with Crippen molar-refractivity contribution in [3.63, 3.8) is 0 Å². The average molecular weight is 474 g/mol. The normalized spacial score (nSPS) is 10.5. The number of rotatable bonds is 8. The Morgan fingerprint density at radius 3 is 2.41 bits per heavy atom. The molecule has 8 nitrogen and oxygen atoms in total. The third-order valence-electron chi connectivity index (χ3n) is 4.83. The van der Waals surface area contributed by atoms with Crippen LogP contribution in [0.4, 0.5) is 0 Å². The Hall–Kier alpha value is -4.11. The zero-order valence-corrected chi connectivity index (χ0v) is 19.3. The monoisotopic (exact) mass is 473 g/mol. The van der Waals surface area contributed by atoms with E-state index in [-0.39, 0.29) is 18.3 Å². The van der Waals surface area contributed by atoms with Crippen molar-refractivity contribution in [2.24, 2.45) is 0 Å². The largest absolute Gasteiger partial charge is 0.483 e. The molecule has 34 heavy (non-hydrogen) atoms. The van der Waals surface area contributed by atoms with Crippen LogP contribution in [0.25, 0.3) is 16.8 Å². The summed E-state index contributed by atoms with van der Waals surface area (Å²) in [5.41, 5.74) is 8.69. The summed E-state index contributed by atoms with van der Waals surface area (Å²) in [6.07, 6.45) is 1.59. The Kier molecular flexibility index (Phi) is 7.56. The van der Waals surface area contributed by atoms with Gasteiger partial charge in [-0.2, -0.15) is 0 Å². The Balaban J connectivity index is 1.25. The van der Waals surface area contributed by atoms with Gasteiger partial charge in [-0.15, -0.1) is 10.2 Å². The van der Waals surface area contributed by atoms with E-state index in [1.807, 2.05) is 79.7 Å². The van der Waals surface area contributed by atoms with Crippen LogP contribution in [0, 0.1) is 6.92 Å². The number of ether oxygens (including phenoxy) is 1. The second-order valence-corrected chi connectivity index (χ2v) is 8.30. The fraction of sp³-hybridized carbons (Fsp3) is 0.120. The summed E-state index contributed by atoms with van der Waals surface area (Å²) < 4.78 is 7.49. The first-order chi connectivity index (χ1) is 16.6. The number of hydrogen-bond donors (Lipinski definition) is 2. The molecule has 9 heteroatoms. The van der Waals surface area contributed by atoms with Gasteiger partial charge >= 0.3 is 0 Å². The molecule has 0 fully saturated rings. The molecule has 4 rings (SSSR count). The van der Waals surface area contributed by atoms with E-state index >= 15 is 0 Å². The van der Waals surface area contributed by atoms with E-state index in [4.69, 9.17) is 4.74 Å². The molecule has 2 amide bonds. The molecular formula is C25H23N5O3S. The third-order valence-corrected chi connectivity index (χ3v) is 5.78. The highest BCUT2D eigenvalue weighted by atomic mass is 32.2.